The number of aromatic nitrogens is 2. The topological polar surface area (TPSA) is 100 Å². The van der Waals surface area contributed by atoms with Gasteiger partial charge in [0.25, 0.3) is 0 Å². The summed E-state index contributed by atoms with van der Waals surface area (Å²) in [5.41, 5.74) is 3.65. The van der Waals surface area contributed by atoms with Gasteiger partial charge in [-0.3, -0.25) is 9.59 Å². The molecule has 2 aliphatic carbocycles. The first kappa shape index (κ1) is 19.5. The zero-order valence-corrected chi connectivity index (χ0v) is 17.6. The number of hydrogen-bond acceptors (Lipinski definition) is 6. The maximum absolute atomic E-state index is 12.8. The standard InChI is InChI=1S/C26H19N3O4/c30-24-18(25(31)23-22(24)27-13-19(28-23)26(32)33)12-14-9-10-21-17(11-14)16-7-4-8-20(16)29(21)15-5-2-1-3-6-15/h1-3,5-6,9-13,16,20H,4,7-8H2,(H,32,33)/b18-12-. The first-order valence-corrected chi connectivity index (χ1v) is 10.9. The number of nitrogens with zero attached hydrogens (tertiary/aromatic N) is 3. The molecule has 33 heavy (non-hydrogen) atoms. The number of benzene rings is 2. The van der Waals surface area contributed by atoms with Crippen LogP contribution in [0.2, 0.25) is 0 Å². The predicted molar refractivity (Wildman–Crippen MR) is 121 cm³/mol. The Kier molecular flexibility index (Phi) is 4.26. The molecule has 2 unspecified atom stereocenters. The van der Waals surface area contributed by atoms with Crippen LogP contribution >= 0.6 is 0 Å². The summed E-state index contributed by atoms with van der Waals surface area (Å²) in [6, 6.07) is 16.8. The van der Waals surface area contributed by atoms with Gasteiger partial charge in [0.15, 0.2) is 5.69 Å². The number of Topliss-reactive ketones (excluding diaryl/α,β-unsaturated/α-hetero) is 2. The summed E-state index contributed by atoms with van der Waals surface area (Å²) in [5.74, 6) is -2.00. The maximum atomic E-state index is 12.8. The van der Waals surface area contributed by atoms with Crippen molar-refractivity contribution in [1.82, 2.24) is 9.97 Å². The molecule has 0 saturated heterocycles. The van der Waals surface area contributed by atoms with Gasteiger partial charge in [0, 0.05) is 23.3 Å². The smallest absolute Gasteiger partial charge is 0.356 e. The highest BCUT2D eigenvalue weighted by atomic mass is 16.4. The van der Waals surface area contributed by atoms with Gasteiger partial charge in [-0.2, -0.15) is 0 Å². The summed E-state index contributed by atoms with van der Waals surface area (Å²) < 4.78 is 0. The highest BCUT2D eigenvalue weighted by Crippen LogP contribution is 2.52. The number of fused-ring (bicyclic) bond motifs is 4. The van der Waals surface area contributed by atoms with E-state index in [2.05, 4.69) is 39.1 Å². The van der Waals surface area contributed by atoms with Crippen molar-refractivity contribution in [3.05, 3.63) is 88.5 Å². The van der Waals surface area contributed by atoms with Crippen LogP contribution in [0.4, 0.5) is 11.4 Å². The second kappa shape index (κ2) is 7.20. The van der Waals surface area contributed by atoms with E-state index in [1.54, 1.807) is 6.08 Å². The van der Waals surface area contributed by atoms with Gasteiger partial charge in [0.2, 0.25) is 11.6 Å². The Morgan fingerprint density at radius 2 is 1.82 bits per heavy atom. The van der Waals surface area contributed by atoms with E-state index in [0.29, 0.717) is 12.0 Å². The molecule has 7 nitrogen and oxygen atoms in total. The molecular weight excluding hydrogens is 418 g/mol. The Labute approximate surface area is 189 Å². The molecule has 2 aromatic carbocycles. The van der Waals surface area contributed by atoms with Crippen LogP contribution in [0.25, 0.3) is 6.08 Å². The molecule has 1 aliphatic heterocycles. The van der Waals surface area contributed by atoms with Crippen molar-refractivity contribution in [3.63, 3.8) is 0 Å². The molecule has 3 aliphatic rings. The van der Waals surface area contributed by atoms with Gasteiger partial charge in [0.05, 0.1) is 11.8 Å². The summed E-state index contributed by atoms with van der Waals surface area (Å²) >= 11 is 0. The molecule has 1 saturated carbocycles. The van der Waals surface area contributed by atoms with Crippen LogP contribution in [-0.4, -0.2) is 38.7 Å². The minimum absolute atomic E-state index is 0.0339. The summed E-state index contributed by atoms with van der Waals surface area (Å²) in [6.07, 6.45) is 5.97. The van der Waals surface area contributed by atoms with Crippen molar-refractivity contribution < 1.29 is 19.5 Å². The number of allylic oxidation sites excluding steroid dienone is 1. The number of carbonyl (C=O) groups is 3. The molecule has 1 N–H and O–H groups in total. The number of hydrogen-bond donors (Lipinski definition) is 1. The van der Waals surface area contributed by atoms with Crippen molar-refractivity contribution in [3.8, 4) is 0 Å². The van der Waals surface area contributed by atoms with Crippen molar-refractivity contribution in [1.29, 1.82) is 0 Å². The quantitative estimate of drug-likeness (QED) is 0.478. The largest absolute Gasteiger partial charge is 0.476 e. The number of rotatable bonds is 3. The molecule has 0 radical (unpaired) electrons. The first-order chi connectivity index (χ1) is 16.0. The van der Waals surface area contributed by atoms with E-state index in [1.165, 1.54) is 23.4 Å². The monoisotopic (exact) mass is 437 g/mol. The zero-order chi connectivity index (χ0) is 22.7. The van der Waals surface area contributed by atoms with Crippen LogP contribution in [-0.2, 0) is 0 Å². The Balaban J connectivity index is 1.40. The molecule has 6 rings (SSSR count). The lowest BCUT2D eigenvalue weighted by atomic mass is 9.95. The second-order valence-corrected chi connectivity index (χ2v) is 8.60. The van der Waals surface area contributed by atoms with E-state index >= 15 is 0 Å². The van der Waals surface area contributed by atoms with Crippen LogP contribution in [0, 0.1) is 0 Å². The highest BCUT2D eigenvalue weighted by Gasteiger charge is 2.42. The number of anilines is 2. The zero-order valence-electron chi connectivity index (χ0n) is 17.6. The molecule has 2 atom stereocenters. The van der Waals surface area contributed by atoms with Gasteiger partial charge in [0.1, 0.15) is 11.4 Å². The van der Waals surface area contributed by atoms with Gasteiger partial charge >= 0.3 is 5.97 Å². The number of carboxylic acid groups (broad SMARTS) is 1. The Bertz CT molecular complexity index is 1380. The third-order valence-electron chi connectivity index (χ3n) is 6.78. The van der Waals surface area contributed by atoms with Gasteiger partial charge in [-0.25, -0.2) is 14.8 Å². The predicted octanol–water partition coefficient (Wildman–Crippen LogP) is 4.43. The van der Waals surface area contributed by atoms with Crippen molar-refractivity contribution in [2.24, 2.45) is 0 Å². The van der Waals surface area contributed by atoms with Crippen LogP contribution in [0.5, 0.6) is 0 Å². The fraction of sp³-hybridized carbons (Fsp3) is 0.192. The molecule has 0 spiro atoms. The van der Waals surface area contributed by atoms with E-state index in [4.69, 9.17) is 5.11 Å². The molecule has 2 heterocycles. The minimum atomic E-state index is -1.30. The summed E-state index contributed by atoms with van der Waals surface area (Å²) in [4.78, 5) is 47.0. The highest BCUT2D eigenvalue weighted by molar-refractivity contribution is 6.40. The normalized spacial score (nSPS) is 21.9. The minimum Gasteiger partial charge on any atom is -0.476 e. The second-order valence-electron chi connectivity index (χ2n) is 8.60. The van der Waals surface area contributed by atoms with Crippen molar-refractivity contribution in [2.45, 2.75) is 31.2 Å². The Hall–Kier alpha value is -4.13. The van der Waals surface area contributed by atoms with E-state index in [1.807, 2.05) is 24.3 Å². The molecule has 3 aromatic rings. The number of ketones is 2. The van der Waals surface area contributed by atoms with Gasteiger partial charge in [-0.05, 0) is 54.3 Å². The molecule has 0 bridgehead atoms. The van der Waals surface area contributed by atoms with Crippen molar-refractivity contribution >= 4 is 35.0 Å². The van der Waals surface area contributed by atoms with E-state index in [9.17, 15) is 14.4 Å². The number of aromatic carboxylic acids is 1. The van der Waals surface area contributed by atoms with Crippen LogP contribution < -0.4 is 4.90 Å². The SMILES string of the molecule is O=C(O)c1cnc2c(n1)C(=O)/C(=C\c1ccc3c(c1)C1CCCC1N3c1ccccc1)C2=O. The van der Waals surface area contributed by atoms with Gasteiger partial charge in [-0.15, -0.1) is 0 Å². The number of carbonyl (C=O) groups excluding carboxylic acids is 2. The Morgan fingerprint density at radius 1 is 1.03 bits per heavy atom. The van der Waals surface area contributed by atoms with Gasteiger partial charge < -0.3 is 10.0 Å². The summed E-state index contributed by atoms with van der Waals surface area (Å²) in [7, 11) is 0. The summed E-state index contributed by atoms with van der Waals surface area (Å²) in [6.45, 7) is 0. The third-order valence-corrected chi connectivity index (χ3v) is 6.78. The average molecular weight is 437 g/mol. The van der Waals surface area contributed by atoms with Crippen LogP contribution in [0.3, 0.4) is 0 Å². The first-order valence-electron chi connectivity index (χ1n) is 10.9. The van der Waals surface area contributed by atoms with E-state index < -0.39 is 17.5 Å². The maximum Gasteiger partial charge on any atom is 0.356 e. The lowest BCUT2D eigenvalue weighted by Crippen LogP contribution is -2.26. The van der Waals surface area contributed by atoms with Crippen LogP contribution in [0.15, 0.2) is 60.3 Å². The lowest BCUT2D eigenvalue weighted by molar-refractivity contribution is 0.0689. The Morgan fingerprint density at radius 3 is 2.61 bits per heavy atom. The summed E-state index contributed by atoms with van der Waals surface area (Å²) in [5, 5.41) is 9.12. The van der Waals surface area contributed by atoms with Crippen LogP contribution in [0.1, 0.15) is 67.8 Å². The van der Waals surface area contributed by atoms with Gasteiger partial charge in [-0.1, -0.05) is 30.7 Å². The molecule has 1 aromatic heterocycles. The van der Waals surface area contributed by atoms with Crippen molar-refractivity contribution in [2.75, 3.05) is 4.90 Å². The lowest BCUT2D eigenvalue weighted by Gasteiger charge is -2.27. The molecule has 1 fully saturated rings. The molecule has 0 amide bonds. The number of para-hydroxylation sites is 1. The average Bonchev–Trinajstić information content (AvgIpc) is 3.48. The van der Waals surface area contributed by atoms with E-state index in [0.717, 1.165) is 24.6 Å². The molecule has 162 valence electrons. The number of carboxylic acids is 1. The third kappa shape index (κ3) is 2.92. The van der Waals surface area contributed by atoms with E-state index in [-0.39, 0.29) is 22.7 Å². The molecular formula is C26H19N3O4. The molecule has 7 heteroatoms. The fourth-order valence-corrected chi connectivity index (χ4v) is 5.36. The fourth-order valence-electron chi connectivity index (χ4n) is 5.36.